The van der Waals surface area contributed by atoms with Crippen LogP contribution in [0.3, 0.4) is 0 Å². The maximum Gasteiger partial charge on any atom is 0.326 e. The molecule has 0 saturated carbocycles. The van der Waals surface area contributed by atoms with Crippen LogP contribution in [-0.4, -0.2) is 75.6 Å². The Hall–Kier alpha value is -3.22. The summed E-state index contributed by atoms with van der Waals surface area (Å²) in [6.45, 7) is 0.937. The molecule has 28 heavy (non-hydrogen) atoms. The standard InChI is InChI=1S/C15H24N4O9/c1-7(17-10(20)6-16)13(25)18-8(2-4-11(21)22)14(26)19-9(15(27)28)3-5-12(23)24/h7-9H,2-6,16H2,1H3,(H,17,20)(H,18,25)(H,19,26)(H,21,22)(H,23,24)(H,27,28). The molecule has 0 aliphatic heterocycles. The highest BCUT2D eigenvalue weighted by atomic mass is 16.4. The Kier molecular flexibility index (Phi) is 10.8. The van der Waals surface area contributed by atoms with E-state index in [2.05, 4.69) is 16.0 Å². The van der Waals surface area contributed by atoms with Crippen molar-refractivity contribution in [2.75, 3.05) is 6.54 Å². The molecule has 3 amide bonds. The highest BCUT2D eigenvalue weighted by Gasteiger charge is 2.28. The fourth-order valence-electron chi connectivity index (χ4n) is 2.00. The molecule has 0 radical (unpaired) electrons. The van der Waals surface area contributed by atoms with Gasteiger partial charge < -0.3 is 37.0 Å². The topological polar surface area (TPSA) is 225 Å². The second-order valence-corrected chi connectivity index (χ2v) is 5.82. The van der Waals surface area contributed by atoms with Crippen molar-refractivity contribution in [1.29, 1.82) is 0 Å². The summed E-state index contributed by atoms with van der Waals surface area (Å²) in [5, 5.41) is 33.0. The predicted molar refractivity (Wildman–Crippen MR) is 91.9 cm³/mol. The summed E-state index contributed by atoms with van der Waals surface area (Å²) in [7, 11) is 0. The predicted octanol–water partition coefficient (Wildman–Crippen LogP) is -2.77. The van der Waals surface area contributed by atoms with Gasteiger partial charge >= 0.3 is 17.9 Å². The van der Waals surface area contributed by atoms with Crippen molar-refractivity contribution in [3.8, 4) is 0 Å². The zero-order chi connectivity index (χ0) is 21.9. The van der Waals surface area contributed by atoms with Crippen LogP contribution in [-0.2, 0) is 28.8 Å². The average Bonchev–Trinajstić information content (AvgIpc) is 2.60. The van der Waals surface area contributed by atoms with E-state index in [0.29, 0.717) is 0 Å². The van der Waals surface area contributed by atoms with Gasteiger partial charge in [0, 0.05) is 12.8 Å². The molecule has 0 aromatic heterocycles. The lowest BCUT2D eigenvalue weighted by molar-refractivity contribution is -0.144. The van der Waals surface area contributed by atoms with Crippen molar-refractivity contribution in [2.45, 2.75) is 50.7 Å². The van der Waals surface area contributed by atoms with E-state index in [4.69, 9.17) is 21.1 Å². The molecule has 0 aliphatic carbocycles. The third-order valence-corrected chi connectivity index (χ3v) is 3.50. The van der Waals surface area contributed by atoms with Gasteiger partial charge in [0.25, 0.3) is 0 Å². The minimum atomic E-state index is -1.54. The lowest BCUT2D eigenvalue weighted by Gasteiger charge is -2.22. The van der Waals surface area contributed by atoms with Crippen LogP contribution in [0.25, 0.3) is 0 Å². The highest BCUT2D eigenvalue weighted by Crippen LogP contribution is 2.03. The van der Waals surface area contributed by atoms with Crippen LogP contribution in [0.2, 0.25) is 0 Å². The molecule has 0 aliphatic rings. The van der Waals surface area contributed by atoms with Crippen LogP contribution in [0.15, 0.2) is 0 Å². The number of rotatable bonds is 13. The molecule has 0 rings (SSSR count). The molecule has 0 bridgehead atoms. The summed E-state index contributed by atoms with van der Waals surface area (Å²) in [6, 6.07) is -4.03. The van der Waals surface area contributed by atoms with Gasteiger partial charge in [-0.2, -0.15) is 0 Å². The number of hydrogen-bond acceptors (Lipinski definition) is 7. The zero-order valence-corrected chi connectivity index (χ0v) is 15.1. The molecule has 13 nitrogen and oxygen atoms in total. The van der Waals surface area contributed by atoms with Gasteiger partial charge in [0.2, 0.25) is 17.7 Å². The quantitative estimate of drug-likeness (QED) is 0.167. The minimum absolute atomic E-state index is 0.351. The first-order valence-electron chi connectivity index (χ1n) is 8.24. The first-order chi connectivity index (χ1) is 13.0. The summed E-state index contributed by atoms with van der Waals surface area (Å²) in [5.41, 5.74) is 5.11. The van der Waals surface area contributed by atoms with Gasteiger partial charge in [-0.3, -0.25) is 24.0 Å². The van der Waals surface area contributed by atoms with Crippen molar-refractivity contribution in [3.63, 3.8) is 0 Å². The second kappa shape index (κ2) is 12.2. The first-order valence-corrected chi connectivity index (χ1v) is 8.24. The number of carboxylic acids is 3. The Labute approximate surface area is 159 Å². The van der Waals surface area contributed by atoms with Crippen LogP contribution in [0.1, 0.15) is 32.6 Å². The maximum absolute atomic E-state index is 12.3. The number of carbonyl (C=O) groups excluding carboxylic acids is 3. The Balaban J connectivity index is 5.13. The van der Waals surface area contributed by atoms with E-state index in [0.717, 1.165) is 0 Å². The third-order valence-electron chi connectivity index (χ3n) is 3.50. The zero-order valence-electron chi connectivity index (χ0n) is 15.1. The summed E-state index contributed by atoms with van der Waals surface area (Å²) >= 11 is 0. The Morgan fingerprint density at radius 2 is 1.25 bits per heavy atom. The molecular formula is C15H24N4O9. The Morgan fingerprint density at radius 3 is 1.68 bits per heavy atom. The molecule has 0 saturated heterocycles. The molecule has 0 spiro atoms. The normalized spacial score (nSPS) is 13.5. The Bertz CT molecular complexity index is 623. The van der Waals surface area contributed by atoms with E-state index in [1.165, 1.54) is 6.92 Å². The van der Waals surface area contributed by atoms with Crippen LogP contribution >= 0.6 is 0 Å². The summed E-state index contributed by atoms with van der Waals surface area (Å²) in [5.74, 6) is -6.44. The van der Waals surface area contributed by atoms with E-state index in [1.807, 2.05) is 0 Å². The average molecular weight is 404 g/mol. The van der Waals surface area contributed by atoms with Gasteiger partial charge in [0.15, 0.2) is 0 Å². The van der Waals surface area contributed by atoms with Crippen molar-refractivity contribution >= 4 is 35.6 Å². The lowest BCUT2D eigenvalue weighted by Crippen LogP contribution is -2.55. The first kappa shape index (κ1) is 24.8. The molecule has 8 N–H and O–H groups in total. The molecule has 3 atom stereocenters. The number of carbonyl (C=O) groups is 6. The Morgan fingerprint density at radius 1 is 0.786 bits per heavy atom. The molecule has 13 heteroatoms. The van der Waals surface area contributed by atoms with Crippen molar-refractivity contribution < 1.29 is 44.1 Å². The minimum Gasteiger partial charge on any atom is -0.481 e. The van der Waals surface area contributed by atoms with E-state index >= 15 is 0 Å². The second-order valence-electron chi connectivity index (χ2n) is 5.82. The van der Waals surface area contributed by atoms with Crippen LogP contribution in [0, 0.1) is 0 Å². The molecule has 0 aromatic carbocycles. The van der Waals surface area contributed by atoms with E-state index in [9.17, 15) is 28.8 Å². The van der Waals surface area contributed by atoms with Gasteiger partial charge in [0.1, 0.15) is 18.1 Å². The maximum atomic E-state index is 12.3. The van der Waals surface area contributed by atoms with E-state index in [-0.39, 0.29) is 13.0 Å². The summed E-state index contributed by atoms with van der Waals surface area (Å²) in [4.78, 5) is 68.2. The molecule has 3 unspecified atom stereocenters. The van der Waals surface area contributed by atoms with Gasteiger partial charge in [-0.25, -0.2) is 4.79 Å². The highest BCUT2D eigenvalue weighted by molar-refractivity contribution is 5.93. The fraction of sp³-hybridized carbons (Fsp3) is 0.600. The monoisotopic (exact) mass is 404 g/mol. The number of nitrogens with two attached hydrogens (primary N) is 1. The smallest absolute Gasteiger partial charge is 0.326 e. The van der Waals surface area contributed by atoms with Gasteiger partial charge in [-0.05, 0) is 19.8 Å². The van der Waals surface area contributed by atoms with Gasteiger partial charge in [0.05, 0.1) is 6.54 Å². The number of nitrogens with one attached hydrogen (secondary N) is 3. The van der Waals surface area contributed by atoms with E-state index in [1.54, 1.807) is 0 Å². The van der Waals surface area contributed by atoms with Crippen LogP contribution in [0.5, 0.6) is 0 Å². The van der Waals surface area contributed by atoms with Gasteiger partial charge in [-0.15, -0.1) is 0 Å². The van der Waals surface area contributed by atoms with Crippen LogP contribution < -0.4 is 21.7 Å². The molecule has 0 fully saturated rings. The lowest BCUT2D eigenvalue weighted by atomic mass is 10.1. The SMILES string of the molecule is CC(NC(=O)CN)C(=O)NC(CCC(=O)O)C(=O)NC(CCC(=O)O)C(=O)O. The molecular weight excluding hydrogens is 380 g/mol. The van der Waals surface area contributed by atoms with Gasteiger partial charge in [-0.1, -0.05) is 0 Å². The molecule has 158 valence electrons. The third kappa shape index (κ3) is 10.1. The van der Waals surface area contributed by atoms with Crippen molar-refractivity contribution in [3.05, 3.63) is 0 Å². The van der Waals surface area contributed by atoms with E-state index < -0.39 is 73.0 Å². The number of carboxylic acid groups (broad SMARTS) is 3. The van der Waals surface area contributed by atoms with Crippen molar-refractivity contribution in [1.82, 2.24) is 16.0 Å². The number of aliphatic carboxylic acids is 3. The summed E-state index contributed by atoms with van der Waals surface area (Å²) in [6.07, 6.45) is -1.78. The fourth-order valence-corrected chi connectivity index (χ4v) is 2.00. The van der Waals surface area contributed by atoms with Crippen LogP contribution in [0.4, 0.5) is 0 Å². The number of amides is 3. The van der Waals surface area contributed by atoms with Crippen molar-refractivity contribution in [2.24, 2.45) is 5.73 Å². The molecule has 0 heterocycles. The molecule has 0 aromatic rings. The largest absolute Gasteiger partial charge is 0.481 e. The summed E-state index contributed by atoms with van der Waals surface area (Å²) < 4.78 is 0. The number of hydrogen-bond donors (Lipinski definition) is 7.